The van der Waals surface area contributed by atoms with Crippen LogP contribution in [-0.2, 0) is 9.47 Å². The fourth-order valence-corrected chi connectivity index (χ4v) is 1.26. The topological polar surface area (TPSA) is 99.4 Å². The molecule has 1 fully saturated rings. The summed E-state index contributed by atoms with van der Waals surface area (Å²) in [7, 11) is 1.30. The van der Waals surface area contributed by atoms with Gasteiger partial charge in [0.15, 0.2) is 6.29 Å². The van der Waals surface area contributed by atoms with Crippen LogP contribution >= 0.6 is 0 Å². The van der Waals surface area contributed by atoms with Crippen LogP contribution in [0.2, 0.25) is 0 Å². The Bertz CT molecular complexity index is 143. The van der Waals surface area contributed by atoms with Gasteiger partial charge in [0.05, 0.1) is 6.61 Å². The number of aliphatic hydroxyl groups is 4. The van der Waals surface area contributed by atoms with Gasteiger partial charge in [-0.1, -0.05) is 0 Å². The Morgan fingerprint density at radius 3 is 2.23 bits per heavy atom. The standard InChI is InChI=1S/C7H14O6/c1-12-7-6(11)5(10)4(9)3(2-8)13-7/h3-11H,2H2,1H3/t3-,4+,5-,6+,7?/m0/s1. The van der Waals surface area contributed by atoms with Crippen LogP contribution in [0.15, 0.2) is 0 Å². The fraction of sp³-hybridized carbons (Fsp3) is 1.00. The van der Waals surface area contributed by atoms with E-state index >= 15 is 0 Å². The number of hydrogen-bond acceptors (Lipinski definition) is 6. The molecule has 0 radical (unpaired) electrons. The van der Waals surface area contributed by atoms with E-state index < -0.39 is 37.3 Å². The number of ether oxygens (including phenoxy) is 2. The predicted octanol–water partition coefficient (Wildman–Crippen LogP) is -2.57. The molecule has 1 unspecified atom stereocenters. The largest absolute Gasteiger partial charge is 0.394 e. The molecule has 0 saturated carbocycles. The Labute approximate surface area is 75.3 Å². The average molecular weight is 194 g/mol. The first kappa shape index (κ1) is 10.8. The first-order valence-electron chi connectivity index (χ1n) is 3.95. The van der Waals surface area contributed by atoms with Gasteiger partial charge in [-0.15, -0.1) is 0 Å². The maximum atomic E-state index is 9.28. The molecular weight excluding hydrogens is 180 g/mol. The van der Waals surface area contributed by atoms with Gasteiger partial charge < -0.3 is 29.9 Å². The second kappa shape index (κ2) is 4.32. The SMILES string of the molecule is COC1O[C@@H](CO)[C@@H](O)[C@H](O)[C@H]1O. The summed E-state index contributed by atoms with van der Waals surface area (Å²) in [5.74, 6) is 0. The Hall–Kier alpha value is -0.240. The molecule has 5 atom stereocenters. The minimum absolute atomic E-state index is 0.440. The van der Waals surface area contributed by atoms with Crippen molar-refractivity contribution in [2.24, 2.45) is 0 Å². The summed E-state index contributed by atoms with van der Waals surface area (Å²) in [6.45, 7) is -0.440. The van der Waals surface area contributed by atoms with Crippen molar-refractivity contribution in [3.63, 3.8) is 0 Å². The van der Waals surface area contributed by atoms with E-state index in [1.807, 2.05) is 0 Å². The molecule has 1 heterocycles. The van der Waals surface area contributed by atoms with E-state index in [1.165, 1.54) is 7.11 Å². The molecule has 1 saturated heterocycles. The van der Waals surface area contributed by atoms with Crippen LogP contribution in [0, 0.1) is 0 Å². The van der Waals surface area contributed by atoms with Gasteiger partial charge in [-0.3, -0.25) is 0 Å². The molecule has 13 heavy (non-hydrogen) atoms. The summed E-state index contributed by atoms with van der Waals surface area (Å²) in [6.07, 6.45) is -5.91. The molecule has 0 bridgehead atoms. The Balaban J connectivity index is 2.66. The molecule has 0 spiro atoms. The van der Waals surface area contributed by atoms with Crippen LogP contribution in [0.4, 0.5) is 0 Å². The van der Waals surface area contributed by atoms with Crippen LogP contribution < -0.4 is 0 Å². The van der Waals surface area contributed by atoms with Crippen molar-refractivity contribution in [3.05, 3.63) is 0 Å². The predicted molar refractivity (Wildman–Crippen MR) is 40.8 cm³/mol. The van der Waals surface area contributed by atoms with Gasteiger partial charge >= 0.3 is 0 Å². The summed E-state index contributed by atoms with van der Waals surface area (Å²) in [5.41, 5.74) is 0. The van der Waals surface area contributed by atoms with E-state index in [2.05, 4.69) is 0 Å². The first-order chi connectivity index (χ1) is 6.11. The highest BCUT2D eigenvalue weighted by Gasteiger charge is 2.43. The second-order valence-electron chi connectivity index (χ2n) is 2.93. The minimum Gasteiger partial charge on any atom is -0.394 e. The highest BCUT2D eigenvalue weighted by Crippen LogP contribution is 2.20. The summed E-state index contributed by atoms with van der Waals surface area (Å²) in [5, 5.41) is 36.6. The maximum absolute atomic E-state index is 9.28. The molecule has 78 valence electrons. The first-order valence-corrected chi connectivity index (χ1v) is 3.95. The van der Waals surface area contributed by atoms with Crippen LogP contribution in [0.5, 0.6) is 0 Å². The van der Waals surface area contributed by atoms with Crippen molar-refractivity contribution in [1.29, 1.82) is 0 Å². The lowest BCUT2D eigenvalue weighted by atomic mass is 9.99. The van der Waals surface area contributed by atoms with Gasteiger partial charge in [-0.05, 0) is 0 Å². The van der Waals surface area contributed by atoms with Crippen molar-refractivity contribution in [3.8, 4) is 0 Å². The van der Waals surface area contributed by atoms with E-state index in [9.17, 15) is 15.3 Å². The third-order valence-electron chi connectivity index (χ3n) is 2.08. The molecule has 6 nitrogen and oxygen atoms in total. The van der Waals surface area contributed by atoms with E-state index in [1.54, 1.807) is 0 Å². The van der Waals surface area contributed by atoms with Crippen molar-refractivity contribution >= 4 is 0 Å². The van der Waals surface area contributed by atoms with Crippen molar-refractivity contribution in [2.75, 3.05) is 13.7 Å². The van der Waals surface area contributed by atoms with E-state index in [4.69, 9.17) is 14.6 Å². The molecule has 0 aromatic heterocycles. The quantitative estimate of drug-likeness (QED) is 0.386. The molecule has 0 amide bonds. The van der Waals surface area contributed by atoms with Crippen LogP contribution in [0.1, 0.15) is 0 Å². The normalized spacial score (nSPS) is 46.4. The lowest BCUT2D eigenvalue weighted by molar-refractivity contribution is -0.294. The van der Waals surface area contributed by atoms with Gasteiger partial charge in [0.25, 0.3) is 0 Å². The Kier molecular flexibility index (Phi) is 3.60. The zero-order valence-electron chi connectivity index (χ0n) is 7.20. The minimum atomic E-state index is -1.36. The number of hydrogen-bond donors (Lipinski definition) is 4. The molecule has 6 heteroatoms. The summed E-state index contributed by atoms with van der Waals surface area (Å²) >= 11 is 0. The zero-order chi connectivity index (χ0) is 10.0. The third-order valence-corrected chi connectivity index (χ3v) is 2.08. The molecule has 4 N–H and O–H groups in total. The molecule has 1 aliphatic heterocycles. The Morgan fingerprint density at radius 2 is 1.77 bits per heavy atom. The number of aliphatic hydroxyl groups excluding tert-OH is 4. The van der Waals surface area contributed by atoms with Crippen molar-refractivity contribution in [1.82, 2.24) is 0 Å². The number of rotatable bonds is 2. The average Bonchev–Trinajstić information content (AvgIpc) is 2.15. The van der Waals surface area contributed by atoms with Crippen molar-refractivity contribution in [2.45, 2.75) is 30.7 Å². The van der Waals surface area contributed by atoms with Gasteiger partial charge in [0, 0.05) is 7.11 Å². The van der Waals surface area contributed by atoms with Gasteiger partial charge in [0.1, 0.15) is 24.4 Å². The van der Waals surface area contributed by atoms with Crippen LogP contribution in [0.3, 0.4) is 0 Å². The molecule has 0 aromatic carbocycles. The van der Waals surface area contributed by atoms with Gasteiger partial charge in [-0.2, -0.15) is 0 Å². The molecule has 1 rings (SSSR count). The highest BCUT2D eigenvalue weighted by molar-refractivity contribution is 4.88. The zero-order valence-corrected chi connectivity index (χ0v) is 7.20. The van der Waals surface area contributed by atoms with E-state index in [-0.39, 0.29) is 0 Å². The fourth-order valence-electron chi connectivity index (χ4n) is 1.26. The summed E-state index contributed by atoms with van der Waals surface area (Å²) < 4.78 is 9.65. The third kappa shape index (κ3) is 1.98. The summed E-state index contributed by atoms with van der Waals surface area (Å²) in [6, 6.07) is 0. The second-order valence-corrected chi connectivity index (χ2v) is 2.93. The lowest BCUT2D eigenvalue weighted by Gasteiger charge is -2.38. The molecular formula is C7H14O6. The smallest absolute Gasteiger partial charge is 0.186 e. The van der Waals surface area contributed by atoms with Crippen LogP contribution in [-0.4, -0.2) is 64.8 Å². The molecule has 1 aliphatic rings. The van der Waals surface area contributed by atoms with Crippen LogP contribution in [0.25, 0.3) is 0 Å². The molecule has 0 aromatic rings. The van der Waals surface area contributed by atoms with Gasteiger partial charge in [0.2, 0.25) is 0 Å². The number of methoxy groups -OCH3 is 1. The van der Waals surface area contributed by atoms with Crippen molar-refractivity contribution < 1.29 is 29.9 Å². The lowest BCUT2D eigenvalue weighted by Crippen LogP contribution is -2.58. The summed E-state index contributed by atoms with van der Waals surface area (Å²) in [4.78, 5) is 0. The highest BCUT2D eigenvalue weighted by atomic mass is 16.7. The van der Waals surface area contributed by atoms with Gasteiger partial charge in [-0.25, -0.2) is 0 Å². The monoisotopic (exact) mass is 194 g/mol. The maximum Gasteiger partial charge on any atom is 0.186 e. The Morgan fingerprint density at radius 1 is 1.15 bits per heavy atom. The van der Waals surface area contributed by atoms with E-state index in [0.717, 1.165) is 0 Å². The molecule has 0 aliphatic carbocycles. The van der Waals surface area contributed by atoms with E-state index in [0.29, 0.717) is 0 Å².